The molecular formula is C14H14O5. The predicted molar refractivity (Wildman–Crippen MR) is 68.2 cm³/mol. The second-order valence-corrected chi connectivity index (χ2v) is 4.14. The van der Waals surface area contributed by atoms with E-state index in [1.54, 1.807) is 0 Å². The van der Waals surface area contributed by atoms with Gasteiger partial charge in [-0.1, -0.05) is 12.6 Å². The highest BCUT2D eigenvalue weighted by Gasteiger charge is 2.18. The molecule has 0 saturated carbocycles. The van der Waals surface area contributed by atoms with E-state index in [2.05, 4.69) is 6.58 Å². The molecule has 0 aliphatic carbocycles. The van der Waals surface area contributed by atoms with E-state index in [0.29, 0.717) is 0 Å². The van der Waals surface area contributed by atoms with Crippen molar-refractivity contribution in [1.29, 1.82) is 0 Å². The number of hydrogen-bond acceptors (Lipinski definition) is 4. The van der Waals surface area contributed by atoms with Gasteiger partial charge in [0.25, 0.3) is 0 Å². The van der Waals surface area contributed by atoms with Gasteiger partial charge in [0.05, 0.1) is 5.56 Å². The van der Waals surface area contributed by atoms with Crippen molar-refractivity contribution >= 4 is 17.7 Å². The first kappa shape index (κ1) is 14.6. The number of esters is 1. The lowest BCUT2D eigenvalue weighted by molar-refractivity contribution is -0.130. The summed E-state index contributed by atoms with van der Waals surface area (Å²) in [6.07, 6.45) is -0.110. The summed E-state index contributed by atoms with van der Waals surface area (Å²) in [6.45, 7) is 6.26. The molecule has 0 radical (unpaired) electrons. The molecule has 5 nitrogen and oxygen atoms in total. The summed E-state index contributed by atoms with van der Waals surface area (Å²) in [6, 6.07) is 4.26. The molecule has 100 valence electrons. The zero-order valence-corrected chi connectivity index (χ0v) is 10.7. The van der Waals surface area contributed by atoms with Crippen molar-refractivity contribution in [3.8, 4) is 5.75 Å². The Morgan fingerprint density at radius 3 is 2.37 bits per heavy atom. The minimum Gasteiger partial charge on any atom is -0.478 e. The normalized spacial score (nSPS) is 9.79. The Morgan fingerprint density at radius 1 is 1.26 bits per heavy atom. The molecule has 1 N–H and O–H groups in total. The molecule has 5 heteroatoms. The molecule has 19 heavy (non-hydrogen) atoms. The quantitative estimate of drug-likeness (QED) is 0.498. The molecule has 0 aromatic heterocycles. The molecule has 0 saturated heterocycles. The zero-order valence-electron chi connectivity index (χ0n) is 10.7. The lowest BCUT2D eigenvalue weighted by Gasteiger charge is -2.11. The molecule has 1 aromatic carbocycles. The van der Waals surface area contributed by atoms with Gasteiger partial charge in [0, 0.05) is 17.6 Å². The first-order chi connectivity index (χ1) is 8.82. The number of hydrogen-bond donors (Lipinski definition) is 1. The van der Waals surface area contributed by atoms with Gasteiger partial charge in [-0.2, -0.15) is 0 Å². The van der Waals surface area contributed by atoms with E-state index in [1.807, 2.05) is 0 Å². The molecule has 0 atom stereocenters. The lowest BCUT2D eigenvalue weighted by Crippen LogP contribution is -2.13. The van der Waals surface area contributed by atoms with Crippen LogP contribution in [0.2, 0.25) is 0 Å². The van der Waals surface area contributed by atoms with Gasteiger partial charge >= 0.3 is 11.9 Å². The van der Waals surface area contributed by atoms with Crippen LogP contribution in [-0.4, -0.2) is 22.8 Å². The van der Waals surface area contributed by atoms with Gasteiger partial charge in [0.1, 0.15) is 11.5 Å². The molecule has 0 amide bonds. The Kier molecular flexibility index (Phi) is 4.58. The SMILES string of the molecule is C=C(C)C(=O)Oc1cccc(C(=O)O)c1CC(C)=O. The third kappa shape index (κ3) is 3.77. The maximum atomic E-state index is 11.5. The number of ketones is 1. The fourth-order valence-corrected chi connectivity index (χ4v) is 1.48. The first-order valence-corrected chi connectivity index (χ1v) is 5.55. The van der Waals surface area contributed by atoms with Crippen LogP contribution in [0.4, 0.5) is 0 Å². The highest BCUT2D eigenvalue weighted by molar-refractivity contribution is 5.94. The van der Waals surface area contributed by atoms with E-state index in [4.69, 9.17) is 9.84 Å². The summed E-state index contributed by atoms with van der Waals surface area (Å²) < 4.78 is 5.04. The smallest absolute Gasteiger partial charge is 0.338 e. The van der Waals surface area contributed by atoms with Crippen molar-refractivity contribution in [3.05, 3.63) is 41.5 Å². The average Bonchev–Trinajstić information content (AvgIpc) is 2.29. The number of carbonyl (C=O) groups excluding carboxylic acids is 2. The maximum absolute atomic E-state index is 11.5. The van der Waals surface area contributed by atoms with Gasteiger partial charge in [0.2, 0.25) is 0 Å². The topological polar surface area (TPSA) is 80.7 Å². The van der Waals surface area contributed by atoms with Crippen molar-refractivity contribution in [2.24, 2.45) is 0 Å². The average molecular weight is 262 g/mol. The van der Waals surface area contributed by atoms with E-state index >= 15 is 0 Å². The van der Waals surface area contributed by atoms with Crippen LogP contribution in [0.3, 0.4) is 0 Å². The standard InChI is InChI=1S/C14H14O5/c1-8(2)14(18)19-12-6-4-5-10(13(16)17)11(12)7-9(3)15/h4-6H,1,7H2,2-3H3,(H,16,17). The van der Waals surface area contributed by atoms with E-state index in [9.17, 15) is 14.4 Å². The Morgan fingerprint density at radius 2 is 1.89 bits per heavy atom. The summed E-state index contributed by atoms with van der Waals surface area (Å²) in [7, 11) is 0. The Balaban J connectivity index is 3.26. The molecule has 0 bridgehead atoms. The third-order valence-corrected chi connectivity index (χ3v) is 2.34. The highest BCUT2D eigenvalue weighted by Crippen LogP contribution is 2.24. The van der Waals surface area contributed by atoms with Crippen LogP contribution >= 0.6 is 0 Å². The van der Waals surface area contributed by atoms with E-state index in [0.717, 1.165) is 0 Å². The lowest BCUT2D eigenvalue weighted by atomic mass is 10.0. The minimum absolute atomic E-state index is 0.0535. The van der Waals surface area contributed by atoms with Crippen molar-refractivity contribution in [3.63, 3.8) is 0 Å². The fourth-order valence-electron chi connectivity index (χ4n) is 1.48. The van der Waals surface area contributed by atoms with Crippen molar-refractivity contribution in [2.75, 3.05) is 0 Å². The maximum Gasteiger partial charge on any atom is 0.338 e. The second-order valence-electron chi connectivity index (χ2n) is 4.14. The molecule has 1 rings (SSSR count). The molecule has 0 unspecified atom stereocenters. The Labute approximate surface area is 110 Å². The van der Waals surface area contributed by atoms with Crippen LogP contribution in [0.15, 0.2) is 30.4 Å². The van der Waals surface area contributed by atoms with Crippen LogP contribution in [0.25, 0.3) is 0 Å². The number of rotatable bonds is 5. The van der Waals surface area contributed by atoms with Crippen LogP contribution in [0.5, 0.6) is 5.75 Å². The Bertz CT molecular complexity index is 557. The zero-order chi connectivity index (χ0) is 14.6. The van der Waals surface area contributed by atoms with Crippen LogP contribution in [-0.2, 0) is 16.0 Å². The van der Waals surface area contributed by atoms with Crippen molar-refractivity contribution < 1.29 is 24.2 Å². The van der Waals surface area contributed by atoms with Gasteiger partial charge < -0.3 is 9.84 Å². The third-order valence-electron chi connectivity index (χ3n) is 2.34. The summed E-state index contributed by atoms with van der Waals surface area (Å²) in [5.74, 6) is -1.98. The highest BCUT2D eigenvalue weighted by atomic mass is 16.5. The van der Waals surface area contributed by atoms with Crippen LogP contribution in [0.1, 0.15) is 29.8 Å². The predicted octanol–water partition coefficient (Wildman–Crippen LogP) is 2.00. The summed E-state index contributed by atoms with van der Waals surface area (Å²) in [5.41, 5.74) is 0.328. The number of carboxylic acid groups (broad SMARTS) is 1. The fraction of sp³-hybridized carbons (Fsp3) is 0.214. The van der Waals surface area contributed by atoms with Crippen molar-refractivity contribution in [2.45, 2.75) is 20.3 Å². The van der Waals surface area contributed by atoms with E-state index in [-0.39, 0.29) is 34.7 Å². The molecule has 0 spiro atoms. The van der Waals surface area contributed by atoms with Gasteiger partial charge in [-0.3, -0.25) is 4.79 Å². The van der Waals surface area contributed by atoms with Gasteiger partial charge in [-0.05, 0) is 26.0 Å². The molecule has 0 aliphatic rings. The summed E-state index contributed by atoms with van der Waals surface area (Å²) >= 11 is 0. The van der Waals surface area contributed by atoms with Crippen LogP contribution < -0.4 is 4.74 Å². The number of benzene rings is 1. The monoisotopic (exact) mass is 262 g/mol. The first-order valence-electron chi connectivity index (χ1n) is 5.55. The number of Topliss-reactive ketones (excluding diaryl/α,β-unsaturated/α-hetero) is 1. The molecule has 1 aromatic rings. The van der Waals surface area contributed by atoms with E-state index < -0.39 is 11.9 Å². The summed E-state index contributed by atoms with van der Waals surface area (Å²) in [4.78, 5) is 33.8. The summed E-state index contributed by atoms with van der Waals surface area (Å²) in [5, 5.41) is 9.08. The van der Waals surface area contributed by atoms with Gasteiger partial charge in [-0.25, -0.2) is 9.59 Å². The molecule has 0 fully saturated rings. The number of carboxylic acids is 1. The van der Waals surface area contributed by atoms with Crippen molar-refractivity contribution in [1.82, 2.24) is 0 Å². The van der Waals surface area contributed by atoms with E-state index in [1.165, 1.54) is 32.0 Å². The minimum atomic E-state index is -1.18. The number of carbonyl (C=O) groups is 3. The number of ether oxygens (including phenoxy) is 1. The number of aromatic carboxylic acids is 1. The van der Waals surface area contributed by atoms with Gasteiger partial charge in [0.15, 0.2) is 0 Å². The Hall–Kier alpha value is -2.43. The second kappa shape index (κ2) is 5.95. The molecular weight excluding hydrogens is 248 g/mol. The van der Waals surface area contributed by atoms with Crippen LogP contribution in [0, 0.1) is 0 Å². The van der Waals surface area contributed by atoms with Gasteiger partial charge in [-0.15, -0.1) is 0 Å². The largest absolute Gasteiger partial charge is 0.478 e. The molecule has 0 heterocycles. The molecule has 0 aliphatic heterocycles.